The van der Waals surface area contributed by atoms with Crippen molar-refractivity contribution in [2.24, 2.45) is 17.8 Å². The quantitative estimate of drug-likeness (QED) is 0.794. The lowest BCUT2D eigenvalue weighted by molar-refractivity contribution is -0.137. The molecule has 16 heavy (non-hydrogen) atoms. The third-order valence-electron chi connectivity index (χ3n) is 3.97. The molecule has 2 aliphatic rings. The molecule has 2 rings (SSSR count). The van der Waals surface area contributed by atoms with Crippen molar-refractivity contribution in [3.63, 3.8) is 0 Å². The van der Waals surface area contributed by atoms with Gasteiger partial charge in [0.1, 0.15) is 5.78 Å². The minimum absolute atomic E-state index is 0.0968. The SMILES string of the molecule is CCCNC(=O)C1CC2CCCC(C1)C2=O. The van der Waals surface area contributed by atoms with Crippen LogP contribution in [-0.4, -0.2) is 18.2 Å². The van der Waals surface area contributed by atoms with E-state index in [0.717, 1.165) is 38.6 Å². The smallest absolute Gasteiger partial charge is 0.223 e. The van der Waals surface area contributed by atoms with Crippen molar-refractivity contribution in [1.29, 1.82) is 0 Å². The normalized spacial score (nSPS) is 33.6. The Labute approximate surface area is 97.0 Å². The molecule has 0 aromatic rings. The van der Waals surface area contributed by atoms with Crippen LogP contribution < -0.4 is 5.32 Å². The second-order valence-electron chi connectivity index (χ2n) is 5.19. The number of Topliss-reactive ketones (excluding diaryl/α,β-unsaturated/α-hetero) is 1. The van der Waals surface area contributed by atoms with Gasteiger partial charge in [-0.25, -0.2) is 0 Å². The molecule has 0 saturated heterocycles. The van der Waals surface area contributed by atoms with Crippen LogP contribution in [0.4, 0.5) is 0 Å². The van der Waals surface area contributed by atoms with E-state index in [2.05, 4.69) is 12.2 Å². The molecule has 2 saturated carbocycles. The Kier molecular flexibility index (Phi) is 3.62. The molecule has 90 valence electrons. The molecule has 3 heteroatoms. The zero-order chi connectivity index (χ0) is 11.5. The zero-order valence-electron chi connectivity index (χ0n) is 10.00. The molecule has 3 nitrogen and oxygen atoms in total. The highest BCUT2D eigenvalue weighted by Crippen LogP contribution is 2.39. The molecule has 1 amide bonds. The van der Waals surface area contributed by atoms with Crippen LogP contribution in [0.5, 0.6) is 0 Å². The predicted octanol–water partition coefficient (Wildman–Crippen LogP) is 1.91. The van der Waals surface area contributed by atoms with Gasteiger partial charge in [0.25, 0.3) is 0 Å². The zero-order valence-corrected chi connectivity index (χ0v) is 10.00. The van der Waals surface area contributed by atoms with Crippen molar-refractivity contribution in [2.75, 3.05) is 6.54 Å². The number of carbonyl (C=O) groups excluding carboxylic acids is 2. The number of fused-ring (bicyclic) bond motifs is 2. The average Bonchev–Trinajstić information content (AvgIpc) is 2.25. The highest BCUT2D eigenvalue weighted by atomic mass is 16.2. The van der Waals surface area contributed by atoms with Gasteiger partial charge < -0.3 is 5.32 Å². The van der Waals surface area contributed by atoms with E-state index in [1.54, 1.807) is 0 Å². The van der Waals surface area contributed by atoms with Crippen LogP contribution in [0.1, 0.15) is 45.4 Å². The van der Waals surface area contributed by atoms with Crippen molar-refractivity contribution in [1.82, 2.24) is 5.32 Å². The first-order valence-corrected chi connectivity index (χ1v) is 6.53. The Bertz CT molecular complexity index is 272. The molecule has 2 fully saturated rings. The summed E-state index contributed by atoms with van der Waals surface area (Å²) in [5, 5.41) is 2.96. The lowest BCUT2D eigenvalue weighted by Gasteiger charge is -2.36. The fourth-order valence-corrected chi connectivity index (χ4v) is 3.09. The number of rotatable bonds is 3. The fourth-order valence-electron chi connectivity index (χ4n) is 3.09. The standard InChI is InChI=1S/C13H21NO2/c1-2-6-14-13(16)11-7-9-4-3-5-10(8-11)12(9)15/h9-11H,2-8H2,1H3,(H,14,16). The van der Waals surface area contributed by atoms with Gasteiger partial charge in [-0.1, -0.05) is 13.3 Å². The van der Waals surface area contributed by atoms with E-state index >= 15 is 0 Å². The maximum absolute atomic E-state index is 11.9. The molecule has 0 aromatic heterocycles. The molecule has 0 heterocycles. The minimum atomic E-state index is 0.0968. The van der Waals surface area contributed by atoms with E-state index in [0.29, 0.717) is 5.78 Å². The minimum Gasteiger partial charge on any atom is -0.356 e. The third kappa shape index (κ3) is 2.28. The summed E-state index contributed by atoms with van der Waals surface area (Å²) >= 11 is 0. The second kappa shape index (κ2) is 4.98. The van der Waals surface area contributed by atoms with Gasteiger partial charge in [-0.15, -0.1) is 0 Å². The molecular formula is C13H21NO2. The molecule has 0 radical (unpaired) electrons. The Hall–Kier alpha value is -0.860. The Morgan fingerprint density at radius 1 is 1.31 bits per heavy atom. The molecule has 0 aromatic carbocycles. The first kappa shape index (κ1) is 11.6. The summed E-state index contributed by atoms with van der Waals surface area (Å²) in [5.41, 5.74) is 0. The molecular weight excluding hydrogens is 202 g/mol. The number of hydrogen-bond acceptors (Lipinski definition) is 2. The first-order valence-electron chi connectivity index (χ1n) is 6.53. The number of amides is 1. The summed E-state index contributed by atoms with van der Waals surface area (Å²) in [4.78, 5) is 23.7. The maximum atomic E-state index is 11.9. The largest absolute Gasteiger partial charge is 0.356 e. The average molecular weight is 223 g/mol. The van der Waals surface area contributed by atoms with E-state index in [1.165, 1.54) is 6.42 Å². The van der Waals surface area contributed by atoms with Crippen molar-refractivity contribution in [2.45, 2.75) is 45.4 Å². The van der Waals surface area contributed by atoms with Crippen LogP contribution in [0, 0.1) is 17.8 Å². The Balaban J connectivity index is 1.93. The van der Waals surface area contributed by atoms with Crippen LogP contribution >= 0.6 is 0 Å². The lowest BCUT2D eigenvalue weighted by atomic mass is 9.67. The summed E-state index contributed by atoms with van der Waals surface area (Å²) in [6.07, 6.45) is 5.75. The first-order chi connectivity index (χ1) is 7.72. The second-order valence-corrected chi connectivity index (χ2v) is 5.19. The van der Waals surface area contributed by atoms with Crippen molar-refractivity contribution >= 4 is 11.7 Å². The predicted molar refractivity (Wildman–Crippen MR) is 61.9 cm³/mol. The number of ketones is 1. The molecule has 2 bridgehead atoms. The summed E-state index contributed by atoms with van der Waals surface area (Å²) in [6, 6.07) is 0. The lowest BCUT2D eigenvalue weighted by Crippen LogP contribution is -2.42. The highest BCUT2D eigenvalue weighted by Gasteiger charge is 2.40. The fraction of sp³-hybridized carbons (Fsp3) is 0.846. The summed E-state index contributed by atoms with van der Waals surface area (Å²) in [6.45, 7) is 2.82. The van der Waals surface area contributed by atoms with E-state index in [-0.39, 0.29) is 23.7 Å². The van der Waals surface area contributed by atoms with Gasteiger partial charge in [0.15, 0.2) is 0 Å². The highest BCUT2D eigenvalue weighted by molar-refractivity contribution is 5.88. The molecule has 2 aliphatic carbocycles. The van der Waals surface area contributed by atoms with Crippen molar-refractivity contribution in [3.05, 3.63) is 0 Å². The maximum Gasteiger partial charge on any atom is 0.223 e. The van der Waals surface area contributed by atoms with Gasteiger partial charge in [-0.3, -0.25) is 9.59 Å². The molecule has 1 N–H and O–H groups in total. The van der Waals surface area contributed by atoms with Crippen LogP contribution in [0.3, 0.4) is 0 Å². The molecule has 2 unspecified atom stereocenters. The van der Waals surface area contributed by atoms with Crippen LogP contribution in [0.25, 0.3) is 0 Å². The summed E-state index contributed by atoms with van der Waals surface area (Å²) in [7, 11) is 0. The summed E-state index contributed by atoms with van der Waals surface area (Å²) in [5.74, 6) is 1.08. The molecule has 0 spiro atoms. The van der Waals surface area contributed by atoms with Gasteiger partial charge in [-0.2, -0.15) is 0 Å². The van der Waals surface area contributed by atoms with Gasteiger partial charge in [0.2, 0.25) is 5.91 Å². The van der Waals surface area contributed by atoms with E-state index < -0.39 is 0 Å². The topological polar surface area (TPSA) is 46.2 Å². The van der Waals surface area contributed by atoms with E-state index in [1.807, 2.05) is 0 Å². The van der Waals surface area contributed by atoms with Gasteiger partial charge in [0, 0.05) is 24.3 Å². The van der Waals surface area contributed by atoms with Crippen LogP contribution in [-0.2, 0) is 9.59 Å². The monoisotopic (exact) mass is 223 g/mol. The Morgan fingerprint density at radius 2 is 1.94 bits per heavy atom. The van der Waals surface area contributed by atoms with E-state index in [4.69, 9.17) is 0 Å². The van der Waals surface area contributed by atoms with E-state index in [9.17, 15) is 9.59 Å². The third-order valence-corrected chi connectivity index (χ3v) is 3.97. The molecule has 2 atom stereocenters. The Morgan fingerprint density at radius 3 is 2.50 bits per heavy atom. The number of nitrogens with one attached hydrogen (secondary N) is 1. The van der Waals surface area contributed by atoms with Crippen LogP contribution in [0.15, 0.2) is 0 Å². The van der Waals surface area contributed by atoms with Crippen LogP contribution in [0.2, 0.25) is 0 Å². The van der Waals surface area contributed by atoms with Gasteiger partial charge in [-0.05, 0) is 32.1 Å². The van der Waals surface area contributed by atoms with Crippen molar-refractivity contribution in [3.8, 4) is 0 Å². The molecule has 0 aliphatic heterocycles. The summed E-state index contributed by atoms with van der Waals surface area (Å²) < 4.78 is 0. The van der Waals surface area contributed by atoms with Gasteiger partial charge in [0.05, 0.1) is 0 Å². The van der Waals surface area contributed by atoms with Gasteiger partial charge >= 0.3 is 0 Å². The van der Waals surface area contributed by atoms with Crippen molar-refractivity contribution < 1.29 is 9.59 Å². The number of carbonyl (C=O) groups is 2. The number of hydrogen-bond donors (Lipinski definition) is 1.